The molecule has 0 saturated heterocycles. The van der Waals surface area contributed by atoms with Crippen molar-refractivity contribution >= 4 is 46.6 Å². The molecular formula is C12H30MoN2S4. The molecule has 0 spiro atoms. The van der Waals surface area contributed by atoms with Gasteiger partial charge >= 0.3 is 34.6 Å². The van der Waals surface area contributed by atoms with Crippen LogP contribution in [-0.4, -0.2) is 0 Å². The van der Waals surface area contributed by atoms with Gasteiger partial charge in [-0.3, -0.25) is 0 Å². The van der Waals surface area contributed by atoms with Crippen molar-refractivity contribution in [2.45, 2.75) is 52.4 Å². The Bertz CT molecular complexity index is 274. The molecule has 4 aliphatic rings. The first kappa shape index (κ1) is 25.7. The molecule has 0 amide bonds. The van der Waals surface area contributed by atoms with Crippen LogP contribution in [-0.2, 0) is 41.9 Å². The molecule has 4 rings (SSSR count). The molecule has 4 aliphatic carbocycles. The van der Waals surface area contributed by atoms with Gasteiger partial charge in [0, 0.05) is 0 Å². The number of quaternary nitrogens is 2. The predicted octanol–water partition coefficient (Wildman–Crippen LogP) is 5.12. The molecular weight excluding hydrogens is 396 g/mol. The van der Waals surface area contributed by atoms with E-state index in [0.29, 0.717) is 0 Å². The van der Waals surface area contributed by atoms with Crippen molar-refractivity contribution in [1.29, 1.82) is 0 Å². The maximum atomic E-state index is 4.34. The van der Waals surface area contributed by atoms with Gasteiger partial charge in [-0.25, -0.2) is 0 Å². The van der Waals surface area contributed by atoms with Crippen LogP contribution in [0.1, 0.15) is 52.4 Å². The Morgan fingerprint density at radius 2 is 1.11 bits per heavy atom. The van der Waals surface area contributed by atoms with E-state index < -0.39 is 0 Å². The van der Waals surface area contributed by atoms with E-state index in [2.05, 4.69) is 33.5 Å². The zero-order valence-corrected chi connectivity index (χ0v) is 17.9. The molecule has 0 atom stereocenters. The summed E-state index contributed by atoms with van der Waals surface area (Å²) in [5.74, 6) is 2.22. The van der Waals surface area contributed by atoms with Crippen LogP contribution in [0.4, 0.5) is 0 Å². The summed E-state index contributed by atoms with van der Waals surface area (Å²) in [6, 6.07) is 0. The maximum absolute atomic E-state index is 4.34. The van der Waals surface area contributed by atoms with E-state index in [1.165, 1.54) is 6.42 Å². The van der Waals surface area contributed by atoms with E-state index in [1.54, 1.807) is 32.1 Å². The van der Waals surface area contributed by atoms with Crippen molar-refractivity contribution in [2.24, 2.45) is 22.7 Å². The molecule has 2 nitrogen and oxygen atoms in total. The second-order valence-electron chi connectivity index (χ2n) is 6.65. The fourth-order valence-corrected chi connectivity index (χ4v) is 5.22. The third-order valence-corrected chi connectivity index (χ3v) is 4.65. The van der Waals surface area contributed by atoms with Gasteiger partial charge in [-0.2, -0.15) is 0 Å². The summed E-state index contributed by atoms with van der Waals surface area (Å²) in [6.07, 6.45) is 9.33. The summed E-state index contributed by atoms with van der Waals surface area (Å²) in [6.45, 7) is 5.09. The van der Waals surface area contributed by atoms with Crippen molar-refractivity contribution in [3.05, 3.63) is 0 Å². The molecule has 4 fully saturated rings. The van der Waals surface area contributed by atoms with E-state index in [9.17, 15) is 0 Å². The Hall–Kier alpha value is 1.75. The monoisotopic (exact) mass is 428 g/mol. The second-order valence-corrected chi connectivity index (χ2v) is 10.2. The first-order chi connectivity index (χ1) is 6.99. The van der Waals surface area contributed by atoms with Gasteiger partial charge in [0.15, 0.2) is 0 Å². The van der Waals surface area contributed by atoms with Crippen LogP contribution in [0.15, 0.2) is 0 Å². The summed E-state index contributed by atoms with van der Waals surface area (Å²) in [5.41, 5.74) is 1.53. The molecule has 118 valence electrons. The van der Waals surface area contributed by atoms with Crippen LogP contribution < -0.4 is 12.3 Å². The van der Waals surface area contributed by atoms with Crippen LogP contribution in [0.5, 0.6) is 0 Å². The molecule has 0 unspecified atom stereocenters. The van der Waals surface area contributed by atoms with Gasteiger partial charge in [-0.1, -0.05) is 13.8 Å². The van der Waals surface area contributed by atoms with E-state index in [0.717, 1.165) is 22.7 Å². The van der Waals surface area contributed by atoms with Gasteiger partial charge in [0.1, 0.15) is 0 Å². The quantitative estimate of drug-likeness (QED) is 0.320. The minimum absolute atomic E-state index is 0. The van der Waals surface area contributed by atoms with Crippen molar-refractivity contribution in [3.63, 3.8) is 0 Å². The average molecular weight is 427 g/mol. The average Bonchev–Trinajstić information content (AvgIpc) is 1.96. The summed E-state index contributed by atoms with van der Waals surface area (Å²) < 4.78 is 0. The van der Waals surface area contributed by atoms with Crippen LogP contribution in [0, 0.1) is 22.7 Å². The van der Waals surface area contributed by atoms with E-state index in [1.807, 2.05) is 0 Å². The Labute approximate surface area is 148 Å². The fraction of sp³-hybridized carbons (Fsp3) is 1.00. The Morgan fingerprint density at radius 1 is 0.842 bits per heavy atom. The SMILES string of the molecule is CC12CC3CC(C1)CC(C)(C3)C2.[NH4+].[NH4+].[SH-].[SH-].[S]=[Mo]=[S]. The van der Waals surface area contributed by atoms with Gasteiger partial charge in [-0.15, -0.1) is 0 Å². The molecule has 0 aromatic heterocycles. The van der Waals surface area contributed by atoms with E-state index in [4.69, 9.17) is 0 Å². The number of rotatable bonds is 0. The fourth-order valence-electron chi connectivity index (χ4n) is 5.22. The molecule has 0 aliphatic heterocycles. The Morgan fingerprint density at radius 3 is 1.32 bits per heavy atom. The summed E-state index contributed by atoms with van der Waals surface area (Å²) >= 11 is -0.363. The van der Waals surface area contributed by atoms with Crippen molar-refractivity contribution in [2.75, 3.05) is 0 Å². The molecule has 4 bridgehead atoms. The normalized spacial score (nSPS) is 40.1. The van der Waals surface area contributed by atoms with Gasteiger partial charge < -0.3 is 39.3 Å². The van der Waals surface area contributed by atoms with Crippen LogP contribution in [0.2, 0.25) is 0 Å². The second kappa shape index (κ2) is 9.70. The number of hydrogen-bond acceptors (Lipinski definition) is 4. The Balaban J connectivity index is -0.000000340. The summed E-state index contributed by atoms with van der Waals surface area (Å²) in [7, 11) is 8.68. The molecule has 7 heteroatoms. The van der Waals surface area contributed by atoms with Crippen molar-refractivity contribution < 1.29 is 14.9 Å². The first-order valence-electron chi connectivity index (χ1n) is 5.90. The van der Waals surface area contributed by atoms with E-state index in [-0.39, 0.29) is 54.2 Å². The van der Waals surface area contributed by atoms with E-state index >= 15 is 0 Å². The molecule has 0 heterocycles. The summed E-state index contributed by atoms with van der Waals surface area (Å²) in [4.78, 5) is 0. The van der Waals surface area contributed by atoms with Crippen LogP contribution >= 0.6 is 19.6 Å². The van der Waals surface area contributed by atoms with Gasteiger partial charge in [0.25, 0.3) is 0 Å². The minimum atomic E-state index is -0.363. The zero-order chi connectivity index (χ0) is 11.1. The first-order valence-corrected chi connectivity index (χ1v) is 11.5. The molecule has 8 N–H and O–H groups in total. The van der Waals surface area contributed by atoms with Gasteiger partial charge in [-0.05, 0) is 61.2 Å². The van der Waals surface area contributed by atoms with Crippen molar-refractivity contribution in [1.82, 2.24) is 12.3 Å². The molecule has 4 saturated carbocycles. The number of thiol groups is 2. The Kier molecular flexibility index (Phi) is 13.1. The van der Waals surface area contributed by atoms with Crippen LogP contribution in [0.25, 0.3) is 0 Å². The molecule has 0 aromatic rings. The molecule has 0 aromatic carbocycles. The summed E-state index contributed by atoms with van der Waals surface area (Å²) in [5, 5.41) is 0. The van der Waals surface area contributed by atoms with Gasteiger partial charge in [0.2, 0.25) is 0 Å². The van der Waals surface area contributed by atoms with Crippen molar-refractivity contribution in [3.8, 4) is 0 Å². The van der Waals surface area contributed by atoms with Gasteiger partial charge in [0.05, 0.1) is 0 Å². The predicted molar refractivity (Wildman–Crippen MR) is 95.6 cm³/mol. The zero-order valence-electron chi connectivity index (χ0n) is 12.5. The third-order valence-electron chi connectivity index (χ3n) is 4.65. The van der Waals surface area contributed by atoms with Crippen LogP contribution in [0.3, 0.4) is 0 Å². The molecule has 0 radical (unpaired) electrons. The topological polar surface area (TPSA) is 73.0 Å². The standard InChI is InChI=1S/C12H20.Mo.2H3N.2H2S.2S/c1-11-4-9-3-10(5-11)7-12(2,6-9)8-11;;;;;;;/h9-10H,3-8H2,1-2H3;;2*1H3;2*1H2;;. The number of hydrogen-bond donors (Lipinski definition) is 2. The third kappa shape index (κ3) is 6.17. The molecule has 19 heavy (non-hydrogen) atoms.